The number of aromatic amines is 1. The van der Waals surface area contributed by atoms with Gasteiger partial charge in [0.15, 0.2) is 0 Å². The molecule has 0 saturated heterocycles. The number of nitrogens with two attached hydrogens (primary N) is 1. The summed E-state index contributed by atoms with van der Waals surface area (Å²) in [6.45, 7) is 0. The molecule has 0 aliphatic heterocycles. The fourth-order valence-corrected chi connectivity index (χ4v) is 2.86. The Balaban J connectivity index is 0.00000225. The molecule has 0 aliphatic carbocycles. The smallest absolute Gasteiger partial charge is 0.271 e. The Kier molecular flexibility index (Phi) is 5.41. The van der Waals surface area contributed by atoms with Gasteiger partial charge in [0.2, 0.25) is 0 Å². The molecule has 1 heterocycles. The van der Waals surface area contributed by atoms with Crippen LogP contribution < -0.4 is 15.4 Å². The van der Waals surface area contributed by atoms with E-state index in [-0.39, 0.29) is 30.1 Å². The van der Waals surface area contributed by atoms with Crippen LogP contribution in [0.5, 0.6) is 0 Å². The van der Waals surface area contributed by atoms with Gasteiger partial charge in [0.25, 0.3) is 15.8 Å². The van der Waals surface area contributed by atoms with Gasteiger partial charge in [0, 0.05) is 11.8 Å². The normalized spacial score (nSPS) is 11.1. The summed E-state index contributed by atoms with van der Waals surface area (Å²) in [5.41, 5.74) is 0.525. The quantitative estimate of drug-likeness (QED) is 0.634. The first-order valence-corrected chi connectivity index (χ1v) is 8.43. The molecule has 132 valence electrons. The zero-order valence-corrected chi connectivity index (χ0v) is 14.3. The molecule has 0 amide bonds. The molecule has 0 radical (unpaired) electrons. The molecule has 4 N–H and O–H groups in total. The van der Waals surface area contributed by atoms with Gasteiger partial charge in [-0.1, -0.05) is 24.3 Å². The van der Waals surface area contributed by atoms with Crippen molar-refractivity contribution in [1.29, 1.82) is 0 Å². The highest BCUT2D eigenvalue weighted by Gasteiger charge is 2.11. The molecule has 0 atom stereocenters. The second kappa shape index (κ2) is 7.18. The average molecular weight is 385 g/mol. The van der Waals surface area contributed by atoms with Crippen LogP contribution in [-0.2, 0) is 16.6 Å². The molecule has 0 aliphatic rings. The molecule has 25 heavy (non-hydrogen) atoms. The van der Waals surface area contributed by atoms with Crippen molar-refractivity contribution in [1.82, 2.24) is 10.2 Å². The van der Waals surface area contributed by atoms with Gasteiger partial charge in [-0.25, -0.2) is 14.6 Å². The van der Waals surface area contributed by atoms with Crippen LogP contribution >= 0.6 is 12.4 Å². The Morgan fingerprint density at radius 3 is 2.48 bits per heavy atom. The summed E-state index contributed by atoms with van der Waals surface area (Å²) in [7, 11) is -3.97. The van der Waals surface area contributed by atoms with Crippen molar-refractivity contribution in [3.8, 4) is 0 Å². The number of benzene rings is 2. The van der Waals surface area contributed by atoms with Crippen LogP contribution in [0.25, 0.3) is 10.8 Å². The lowest BCUT2D eigenvalue weighted by Gasteiger charge is -2.08. The van der Waals surface area contributed by atoms with Crippen molar-refractivity contribution in [3.63, 3.8) is 0 Å². The van der Waals surface area contributed by atoms with Crippen molar-refractivity contribution in [2.45, 2.75) is 6.42 Å². The van der Waals surface area contributed by atoms with Crippen molar-refractivity contribution in [3.05, 3.63) is 69.9 Å². The first kappa shape index (κ1) is 18.8. The molecule has 3 rings (SSSR count). The van der Waals surface area contributed by atoms with Crippen molar-refractivity contribution in [2.24, 2.45) is 5.14 Å². The highest BCUT2D eigenvalue weighted by atomic mass is 35.5. The molecule has 3 aromatic rings. The fraction of sp³-hybridized carbons (Fsp3) is 0.0667. The summed E-state index contributed by atoms with van der Waals surface area (Å²) < 4.78 is 38.1. The Bertz CT molecular complexity index is 1090. The van der Waals surface area contributed by atoms with E-state index < -0.39 is 16.0 Å². The molecule has 1 aromatic heterocycles. The molecular formula is C15H14ClFN4O3S. The lowest BCUT2D eigenvalue weighted by atomic mass is 10.0. The third-order valence-corrected chi connectivity index (χ3v) is 3.97. The number of nitrogens with one attached hydrogen (secondary N) is 2. The molecule has 0 unspecified atom stereocenters. The summed E-state index contributed by atoms with van der Waals surface area (Å²) in [6, 6.07) is 10.8. The van der Waals surface area contributed by atoms with Gasteiger partial charge in [-0.15, -0.1) is 12.4 Å². The number of fused-ring (bicyclic) bond motifs is 1. The van der Waals surface area contributed by atoms with Gasteiger partial charge in [-0.3, -0.25) is 9.52 Å². The number of hydrogen-bond acceptors (Lipinski definition) is 4. The Morgan fingerprint density at radius 1 is 1.16 bits per heavy atom. The maximum Gasteiger partial charge on any atom is 0.296 e. The number of anilines is 1. The SMILES string of the molecule is Cl.NS(=O)(=O)Nc1ccc(Cc2n[nH]c(=O)c3ccccc23)c(F)c1. The number of hydrogen-bond donors (Lipinski definition) is 3. The Labute approximate surface area is 148 Å². The summed E-state index contributed by atoms with van der Waals surface area (Å²) in [4.78, 5) is 11.8. The average Bonchev–Trinajstić information content (AvgIpc) is 2.51. The van der Waals surface area contributed by atoms with Gasteiger partial charge < -0.3 is 0 Å². The molecule has 0 spiro atoms. The van der Waals surface area contributed by atoms with Crippen molar-refractivity contribution < 1.29 is 12.8 Å². The van der Waals surface area contributed by atoms with Crippen molar-refractivity contribution >= 4 is 39.1 Å². The zero-order chi connectivity index (χ0) is 17.3. The first-order valence-electron chi connectivity index (χ1n) is 6.89. The van der Waals surface area contributed by atoms with E-state index in [4.69, 9.17) is 5.14 Å². The van der Waals surface area contributed by atoms with E-state index in [0.29, 0.717) is 22.0 Å². The maximum absolute atomic E-state index is 14.2. The van der Waals surface area contributed by atoms with E-state index in [9.17, 15) is 17.6 Å². The van der Waals surface area contributed by atoms with E-state index in [1.807, 2.05) is 4.72 Å². The highest BCUT2D eigenvalue weighted by Crippen LogP contribution is 2.20. The van der Waals surface area contributed by atoms with Gasteiger partial charge in [-0.2, -0.15) is 13.5 Å². The number of rotatable bonds is 4. The maximum atomic E-state index is 14.2. The van der Waals surface area contributed by atoms with Crippen LogP contribution in [0.3, 0.4) is 0 Å². The number of nitrogens with zero attached hydrogens (tertiary/aromatic N) is 1. The van der Waals surface area contributed by atoms with Gasteiger partial charge in [0.1, 0.15) is 5.82 Å². The van der Waals surface area contributed by atoms with E-state index in [0.717, 1.165) is 6.07 Å². The van der Waals surface area contributed by atoms with Gasteiger partial charge in [-0.05, 0) is 23.8 Å². The molecule has 0 fully saturated rings. The molecule has 10 heteroatoms. The highest BCUT2D eigenvalue weighted by molar-refractivity contribution is 7.90. The van der Waals surface area contributed by atoms with Crippen LogP contribution in [0.4, 0.5) is 10.1 Å². The van der Waals surface area contributed by atoms with Gasteiger partial charge >= 0.3 is 0 Å². The minimum absolute atomic E-state index is 0. The number of halogens is 2. The monoisotopic (exact) mass is 384 g/mol. The lowest BCUT2D eigenvalue weighted by Crippen LogP contribution is -2.21. The van der Waals surface area contributed by atoms with Crippen LogP contribution in [-0.4, -0.2) is 18.6 Å². The molecule has 0 bridgehead atoms. The minimum Gasteiger partial charge on any atom is -0.271 e. The minimum atomic E-state index is -3.97. The topological polar surface area (TPSA) is 118 Å². The number of H-pyrrole nitrogens is 1. The Hall–Kier alpha value is -2.49. The summed E-state index contributed by atoms with van der Waals surface area (Å²) in [5.74, 6) is -0.610. The van der Waals surface area contributed by atoms with Crippen LogP contribution in [0.2, 0.25) is 0 Å². The summed E-state index contributed by atoms with van der Waals surface area (Å²) >= 11 is 0. The third-order valence-electron chi connectivity index (χ3n) is 3.45. The van der Waals surface area contributed by atoms with Crippen molar-refractivity contribution in [2.75, 3.05) is 4.72 Å². The molecule has 7 nitrogen and oxygen atoms in total. The number of aromatic nitrogens is 2. The van der Waals surface area contributed by atoms with Crippen LogP contribution in [0, 0.1) is 5.82 Å². The predicted molar refractivity (Wildman–Crippen MR) is 95.5 cm³/mol. The lowest BCUT2D eigenvalue weighted by molar-refractivity contribution is 0.602. The predicted octanol–water partition coefficient (Wildman–Crippen LogP) is 1.69. The van der Waals surface area contributed by atoms with Crippen LogP contribution in [0.1, 0.15) is 11.3 Å². The summed E-state index contributed by atoms with van der Waals surface area (Å²) in [5, 5.41) is 12.3. The second-order valence-corrected chi connectivity index (χ2v) is 6.47. The Morgan fingerprint density at radius 2 is 1.84 bits per heavy atom. The van der Waals surface area contributed by atoms with E-state index >= 15 is 0 Å². The van der Waals surface area contributed by atoms with Crippen LogP contribution in [0.15, 0.2) is 47.3 Å². The zero-order valence-electron chi connectivity index (χ0n) is 12.7. The fourth-order valence-electron chi connectivity index (χ4n) is 2.41. The third kappa shape index (κ3) is 4.32. The first-order chi connectivity index (χ1) is 11.3. The summed E-state index contributed by atoms with van der Waals surface area (Å²) in [6.07, 6.45) is 0.138. The largest absolute Gasteiger partial charge is 0.296 e. The molecular weight excluding hydrogens is 371 g/mol. The standard InChI is InChI=1S/C15H13FN4O3S.ClH/c16-13-8-10(20-24(17,22)23)6-5-9(13)7-14-11-3-1-2-4-12(11)15(21)19-18-14;/h1-6,8,20H,7H2,(H,19,21)(H2,17,22,23);1H. The van der Waals surface area contributed by atoms with E-state index in [2.05, 4.69) is 10.2 Å². The second-order valence-electron chi connectivity index (χ2n) is 5.18. The van der Waals surface area contributed by atoms with E-state index in [1.54, 1.807) is 24.3 Å². The molecule has 2 aromatic carbocycles. The van der Waals surface area contributed by atoms with E-state index in [1.165, 1.54) is 12.1 Å². The molecule has 0 saturated carbocycles. The van der Waals surface area contributed by atoms with Gasteiger partial charge in [0.05, 0.1) is 16.8 Å².